The van der Waals surface area contributed by atoms with Crippen LogP contribution in [0.1, 0.15) is 43.9 Å². The van der Waals surface area contributed by atoms with Gasteiger partial charge in [-0.1, -0.05) is 30.3 Å². The van der Waals surface area contributed by atoms with Crippen molar-refractivity contribution in [2.75, 3.05) is 154 Å². The number of phenols is 1. The number of phenolic OH excluding ortho intramolecular Hbond substituents is 1. The lowest BCUT2D eigenvalue weighted by atomic mass is 10.0. The number of anilines is 2. The molecule has 3 aromatic rings. The second kappa shape index (κ2) is 30.1. The number of ether oxygens (including phenoxy) is 1. The molecule has 0 bridgehead atoms. The molecule has 5 heterocycles. The number of fused-ring (bicyclic) bond motifs is 2. The fourth-order valence-electron chi connectivity index (χ4n) is 9.55. The summed E-state index contributed by atoms with van der Waals surface area (Å²) in [7, 11) is 1.56. The maximum Gasteiger partial charge on any atom is 0.318 e. The Morgan fingerprint density at radius 1 is 0.757 bits per heavy atom. The number of likely N-dealkylation sites (tertiary alicyclic amines) is 1. The van der Waals surface area contributed by atoms with Gasteiger partial charge in [0.1, 0.15) is 11.6 Å². The number of nitriles is 1. The number of nitrogens with zero attached hydrogens (tertiary/aromatic N) is 11. The van der Waals surface area contributed by atoms with E-state index in [0.29, 0.717) is 103 Å². The lowest BCUT2D eigenvalue weighted by Crippen LogP contribution is -2.49. The largest absolute Gasteiger partial charge is 0.508 e. The number of piperazine rings is 1. The number of halogens is 1. The molecule has 5 N–H and O–H groups in total. The van der Waals surface area contributed by atoms with Crippen molar-refractivity contribution in [2.24, 2.45) is 0 Å². The number of hydrogen-bond donors (Lipinski definition) is 5. The van der Waals surface area contributed by atoms with E-state index in [2.05, 4.69) is 36.6 Å². The molecule has 74 heavy (non-hydrogen) atoms. The van der Waals surface area contributed by atoms with Gasteiger partial charge in [-0.25, -0.2) is 0 Å². The highest BCUT2D eigenvalue weighted by atomic mass is 35.5. The van der Waals surface area contributed by atoms with Crippen LogP contribution in [0.25, 0.3) is 10.8 Å². The van der Waals surface area contributed by atoms with E-state index in [-0.39, 0.29) is 43.7 Å². The number of nitrogens with one attached hydrogen (secondary N) is 1. The highest BCUT2D eigenvalue weighted by Crippen LogP contribution is 2.39. The van der Waals surface area contributed by atoms with Gasteiger partial charge in [0.15, 0.2) is 0 Å². The van der Waals surface area contributed by atoms with Crippen LogP contribution in [0.5, 0.6) is 11.8 Å². The van der Waals surface area contributed by atoms with Crippen molar-refractivity contribution in [3.63, 3.8) is 0 Å². The zero-order valence-corrected chi connectivity index (χ0v) is 43.6. The third kappa shape index (κ3) is 18.5. The van der Waals surface area contributed by atoms with E-state index in [1.807, 2.05) is 23.1 Å². The van der Waals surface area contributed by atoms with Crippen molar-refractivity contribution in [2.45, 2.75) is 45.6 Å². The number of carbonyl (C=O) groups excluding carboxylic acids is 2. The van der Waals surface area contributed by atoms with Crippen molar-refractivity contribution in [3.05, 3.63) is 59.3 Å². The van der Waals surface area contributed by atoms with Gasteiger partial charge in [-0.3, -0.25) is 43.6 Å². The van der Waals surface area contributed by atoms with Crippen LogP contribution in [0.4, 0.5) is 11.5 Å². The average molecular weight is 1050 g/mol. The molecule has 4 aliphatic heterocycles. The van der Waals surface area contributed by atoms with Crippen LogP contribution in [0.2, 0.25) is 5.02 Å². The van der Waals surface area contributed by atoms with Crippen LogP contribution in [0.3, 0.4) is 0 Å². The number of unbranched alkanes of at least 4 members (excludes halogenated alkanes) is 1. The summed E-state index contributed by atoms with van der Waals surface area (Å²) in [5.41, 5.74) is 2.86. The molecule has 7 rings (SSSR count). The molecule has 0 unspecified atom stereocenters. The summed E-state index contributed by atoms with van der Waals surface area (Å²) in [6.45, 7) is 15.6. The van der Waals surface area contributed by atoms with Gasteiger partial charge in [-0.05, 0) is 75.3 Å². The number of hydrogen-bond acceptors (Lipinski definition) is 17. The minimum absolute atomic E-state index is 0.0467. The van der Waals surface area contributed by atoms with E-state index in [0.717, 1.165) is 79.0 Å². The van der Waals surface area contributed by atoms with E-state index in [1.54, 1.807) is 44.9 Å². The first-order valence-corrected chi connectivity index (χ1v) is 25.6. The molecule has 3 fully saturated rings. The summed E-state index contributed by atoms with van der Waals surface area (Å²) in [6.07, 6.45) is 6.58. The number of aromatic nitrogens is 2. The Morgan fingerprint density at radius 3 is 1.84 bits per heavy atom. The van der Waals surface area contributed by atoms with Crippen LogP contribution in [0.15, 0.2) is 43.0 Å². The molecule has 0 saturated carbocycles. The number of carbonyl (C=O) groups is 5. The number of benzene rings is 2. The Kier molecular flexibility index (Phi) is 23.8. The fourth-order valence-corrected chi connectivity index (χ4v) is 9.83. The monoisotopic (exact) mass is 1050 g/mol. The Bertz CT molecular complexity index is 2380. The van der Waals surface area contributed by atoms with Gasteiger partial charge < -0.3 is 50.1 Å². The van der Waals surface area contributed by atoms with Crippen LogP contribution < -0.4 is 19.9 Å². The van der Waals surface area contributed by atoms with Gasteiger partial charge in [-0.2, -0.15) is 15.2 Å². The van der Waals surface area contributed by atoms with Crippen molar-refractivity contribution in [1.29, 1.82) is 5.26 Å². The number of methoxy groups -OCH3 is 1. The molecule has 3 saturated heterocycles. The first-order valence-electron chi connectivity index (χ1n) is 25.2. The molecule has 0 spiro atoms. The predicted molar refractivity (Wildman–Crippen MR) is 281 cm³/mol. The first kappa shape index (κ1) is 58.5. The Balaban J connectivity index is 0.000000261. The van der Waals surface area contributed by atoms with E-state index in [1.165, 1.54) is 25.8 Å². The number of amides is 2. The second-order valence-electron chi connectivity index (χ2n) is 18.6. The Labute approximate surface area is 438 Å². The van der Waals surface area contributed by atoms with Crippen molar-refractivity contribution >= 4 is 63.6 Å². The van der Waals surface area contributed by atoms with Crippen molar-refractivity contribution in [3.8, 4) is 17.8 Å². The van der Waals surface area contributed by atoms with Crippen LogP contribution >= 0.6 is 11.6 Å². The van der Waals surface area contributed by atoms with Gasteiger partial charge in [-0.15, -0.1) is 0 Å². The summed E-state index contributed by atoms with van der Waals surface area (Å²) >= 11 is 6.56. The predicted octanol–water partition coefficient (Wildman–Crippen LogP) is 2.38. The minimum Gasteiger partial charge on any atom is -0.508 e. The fraction of sp³-hybridized carbons (Fsp3) is 0.569. The third-order valence-electron chi connectivity index (χ3n) is 13.3. The molecule has 404 valence electrons. The van der Waals surface area contributed by atoms with Crippen LogP contribution in [-0.2, 0) is 36.9 Å². The van der Waals surface area contributed by atoms with Crippen LogP contribution in [-0.4, -0.2) is 234 Å². The summed E-state index contributed by atoms with van der Waals surface area (Å²) in [6, 6.07) is 11.2. The van der Waals surface area contributed by atoms with Gasteiger partial charge in [0.2, 0.25) is 11.8 Å². The zero-order chi connectivity index (χ0) is 53.6. The Hall–Kier alpha value is -6.35. The van der Waals surface area contributed by atoms with Gasteiger partial charge in [0, 0.05) is 116 Å². The summed E-state index contributed by atoms with van der Waals surface area (Å²) in [5, 5.41) is 50.9. The highest BCUT2D eigenvalue weighted by molar-refractivity contribution is 6.36. The van der Waals surface area contributed by atoms with E-state index < -0.39 is 17.9 Å². The smallest absolute Gasteiger partial charge is 0.318 e. The topological polar surface area (TPSA) is 263 Å². The average Bonchev–Trinajstić information content (AvgIpc) is 3.90. The van der Waals surface area contributed by atoms with E-state index in [9.17, 15) is 44.4 Å². The number of carboxylic acids is 3. The maximum atomic E-state index is 12.6. The van der Waals surface area contributed by atoms with E-state index in [4.69, 9.17) is 21.6 Å². The molecule has 2 aromatic carbocycles. The number of aliphatic carboxylic acids is 3. The van der Waals surface area contributed by atoms with Crippen molar-refractivity contribution < 1.29 is 49.1 Å². The quantitative estimate of drug-likeness (QED) is 0.0960. The van der Waals surface area contributed by atoms with Gasteiger partial charge in [0.25, 0.3) is 0 Å². The van der Waals surface area contributed by atoms with Gasteiger partial charge >= 0.3 is 23.9 Å². The minimum atomic E-state index is -0.991. The Morgan fingerprint density at radius 2 is 1.31 bits per heavy atom. The highest BCUT2D eigenvalue weighted by Gasteiger charge is 2.30. The summed E-state index contributed by atoms with van der Waals surface area (Å²) in [5.74, 6) is -2.01. The molecule has 0 atom stereocenters. The molecule has 0 radical (unpaired) electrons. The molecule has 1 aromatic heterocycles. The molecule has 2 amide bonds. The first-order chi connectivity index (χ1) is 35.6. The molecular formula is C51H73ClN12O10. The number of rotatable bonds is 17. The maximum absolute atomic E-state index is 12.6. The molecule has 0 aliphatic carbocycles. The molecular weight excluding hydrogens is 976 g/mol. The van der Waals surface area contributed by atoms with Gasteiger partial charge in [0.05, 0.1) is 62.3 Å². The standard InChI is InChI=1S/C25H26ClN5O3.C24H44N6O7.C2H3N/c1-3-22(33)29-9-11-30(12-10-29)24-18-7-8-31(15-20(18)27-25(28-24)34-2)21-14-17(32)13-16-5-4-6-19(26)23(16)21;31-21(25-5-1-2-6-26-7-3-4-8-26)17-27-9-11-28(18-22(32)33)13-15-30(20-24(36)37)16-14-29(12-10-27)19-23(34)35;1-2-3/h3-6,13-14,32H,1,7-12,15H2,2H3;1-20H2,(H,25,31)(H,32,33)(H,34,35)(H,36,37);1H3. The summed E-state index contributed by atoms with van der Waals surface area (Å²) < 4.78 is 5.43. The summed E-state index contributed by atoms with van der Waals surface area (Å²) in [4.78, 5) is 83.7. The third-order valence-corrected chi connectivity index (χ3v) is 13.6. The molecule has 23 heteroatoms. The SMILES string of the molecule is C=CC(=O)N1CCN(c2nc(OC)nc3c2CCN(c2cc(O)cc4cccc(Cl)c24)C3)CC1.CC#N.O=C(O)CN1CCN(CC(=O)O)CCN(CC(=O)NCCCCN2CCCC2)CCN(CC(=O)O)CC1. The zero-order valence-electron chi connectivity index (χ0n) is 42.8. The number of carboxylic acid groups (broad SMARTS) is 3. The molecule has 22 nitrogen and oxygen atoms in total. The molecule has 4 aliphatic rings. The number of aromatic hydroxyl groups is 1. The van der Waals surface area contributed by atoms with E-state index >= 15 is 0 Å². The lowest BCUT2D eigenvalue weighted by Gasteiger charge is -2.38. The second-order valence-corrected chi connectivity index (χ2v) is 19.0. The van der Waals surface area contributed by atoms with Crippen LogP contribution in [0, 0.1) is 11.3 Å². The normalized spacial score (nSPS) is 17.5. The lowest BCUT2D eigenvalue weighted by molar-refractivity contribution is -0.140. The van der Waals surface area contributed by atoms with Crippen molar-refractivity contribution in [1.82, 2.24) is 44.7 Å².